The van der Waals surface area contributed by atoms with Gasteiger partial charge in [-0.2, -0.15) is 0 Å². The monoisotopic (exact) mass is 481 g/mol. The van der Waals surface area contributed by atoms with Crippen LogP contribution in [0.4, 0.5) is 0 Å². The number of nitrogens with zero attached hydrogens (tertiary/aromatic N) is 1. The van der Waals surface area contributed by atoms with Gasteiger partial charge >= 0.3 is 0 Å². The first-order valence-corrected chi connectivity index (χ1v) is 16.4. The normalized spacial score (nSPS) is 12.2. The summed E-state index contributed by atoms with van der Waals surface area (Å²) in [5.74, 6) is 0.859. The topological polar surface area (TPSA) is 0 Å². The van der Waals surface area contributed by atoms with E-state index in [1.54, 1.807) is 0 Å². The molecule has 0 aromatic rings. The molecule has 0 amide bonds. The van der Waals surface area contributed by atoms with E-state index in [1.165, 1.54) is 178 Å². The van der Waals surface area contributed by atoms with Crippen LogP contribution in [0.2, 0.25) is 0 Å². The number of unbranched alkanes of at least 4 members (excludes halogenated alkanes) is 20. The Bertz CT molecular complexity index is 349. The minimum absolute atomic E-state index is 0.859. The largest absolute Gasteiger partial charge is 0.326 e. The van der Waals surface area contributed by atoms with Crippen molar-refractivity contribution in [3.05, 3.63) is 0 Å². The van der Waals surface area contributed by atoms with E-state index in [9.17, 15) is 0 Å². The molecule has 0 bridgehead atoms. The first kappa shape index (κ1) is 34.0. The Morgan fingerprint density at radius 1 is 0.382 bits per heavy atom. The molecule has 0 saturated carbocycles. The fraction of sp³-hybridized carbons (Fsp3) is 1.00. The minimum atomic E-state index is 0.859. The maximum atomic E-state index is 2.58. The molecule has 0 spiro atoms. The number of hydrogen-bond donors (Lipinski definition) is 0. The molecule has 206 valence electrons. The Hall–Kier alpha value is -0.0400. The van der Waals surface area contributed by atoms with Crippen LogP contribution in [-0.2, 0) is 0 Å². The Morgan fingerprint density at radius 2 is 0.647 bits per heavy atom. The highest BCUT2D eigenvalue weighted by Gasteiger charge is 2.20. The van der Waals surface area contributed by atoms with Crippen molar-refractivity contribution in [2.45, 2.75) is 182 Å². The third-order valence-corrected chi connectivity index (χ3v) is 8.08. The van der Waals surface area contributed by atoms with E-state index < -0.39 is 0 Å². The van der Waals surface area contributed by atoms with E-state index in [1.807, 2.05) is 0 Å². The summed E-state index contributed by atoms with van der Waals surface area (Å²) in [6.45, 7) is 13.7. The molecule has 34 heavy (non-hydrogen) atoms. The molecule has 0 radical (unpaired) electrons. The quantitative estimate of drug-likeness (QED) is 0.0771. The predicted octanol–water partition coefficient (Wildman–Crippen LogP) is 11.5. The van der Waals surface area contributed by atoms with E-state index in [0.29, 0.717) is 0 Å². The second-order valence-corrected chi connectivity index (χ2v) is 12.4. The van der Waals surface area contributed by atoms with Gasteiger partial charge in [0, 0.05) is 0 Å². The van der Waals surface area contributed by atoms with E-state index in [2.05, 4.69) is 34.7 Å². The summed E-state index contributed by atoms with van der Waals surface area (Å²) in [6.07, 6.45) is 34.9. The molecule has 0 rings (SSSR count). The van der Waals surface area contributed by atoms with Gasteiger partial charge in [0.1, 0.15) is 0 Å². The van der Waals surface area contributed by atoms with E-state index in [0.717, 1.165) is 5.92 Å². The molecule has 0 aromatic carbocycles. The van der Waals surface area contributed by atoms with E-state index in [4.69, 9.17) is 0 Å². The SMILES string of the molecule is CCCCCCCCCCCCC[N+](C)(CCCCCCCCCCCCC)CCCC(C)C. The summed E-state index contributed by atoms with van der Waals surface area (Å²) in [4.78, 5) is 0. The molecule has 0 N–H and O–H groups in total. The Balaban J connectivity index is 3.88. The van der Waals surface area contributed by atoms with E-state index >= 15 is 0 Å². The molecule has 0 aliphatic rings. The molecule has 0 saturated heterocycles. The molecule has 1 heteroatoms. The second kappa shape index (κ2) is 26.0. The predicted molar refractivity (Wildman–Crippen MR) is 158 cm³/mol. The molecule has 0 fully saturated rings. The summed E-state index contributed by atoms with van der Waals surface area (Å²) in [7, 11) is 2.58. The van der Waals surface area contributed by atoms with Crippen molar-refractivity contribution in [2.75, 3.05) is 26.7 Å². The summed E-state index contributed by atoms with van der Waals surface area (Å²) >= 11 is 0. The van der Waals surface area contributed by atoms with E-state index in [-0.39, 0.29) is 0 Å². The maximum Gasteiger partial charge on any atom is 0.0784 e. The van der Waals surface area contributed by atoms with Gasteiger partial charge in [-0.05, 0) is 44.4 Å². The van der Waals surface area contributed by atoms with Crippen LogP contribution in [0.5, 0.6) is 0 Å². The summed E-state index contributed by atoms with van der Waals surface area (Å²) in [6, 6.07) is 0. The molecule has 0 aliphatic heterocycles. The highest BCUT2D eigenvalue weighted by Crippen LogP contribution is 2.17. The standard InChI is InChI=1S/C33H70N/c1-6-8-10-12-14-16-18-20-22-24-26-30-34(5,32-28-29-33(3)4)31-27-25-23-21-19-17-15-13-11-9-7-2/h33H,6-32H2,1-5H3/q+1. The highest BCUT2D eigenvalue weighted by atomic mass is 15.3. The first-order chi connectivity index (χ1) is 16.5. The zero-order valence-corrected chi connectivity index (χ0v) is 25.1. The lowest BCUT2D eigenvalue weighted by atomic mass is 10.0. The summed E-state index contributed by atoms with van der Waals surface area (Å²) in [5, 5.41) is 0. The van der Waals surface area contributed by atoms with Crippen molar-refractivity contribution in [1.82, 2.24) is 0 Å². The average molecular weight is 481 g/mol. The lowest BCUT2D eigenvalue weighted by Gasteiger charge is -2.35. The van der Waals surface area contributed by atoms with Crippen molar-refractivity contribution < 1.29 is 4.48 Å². The van der Waals surface area contributed by atoms with Gasteiger partial charge in [0.2, 0.25) is 0 Å². The third kappa shape index (κ3) is 25.1. The van der Waals surface area contributed by atoms with Crippen LogP contribution in [0.1, 0.15) is 182 Å². The van der Waals surface area contributed by atoms with Gasteiger partial charge in [-0.3, -0.25) is 0 Å². The summed E-state index contributed by atoms with van der Waals surface area (Å²) < 4.78 is 1.35. The molecule has 1 nitrogen and oxygen atoms in total. The second-order valence-electron chi connectivity index (χ2n) is 12.4. The van der Waals surface area contributed by atoms with Gasteiger partial charge in [0.15, 0.2) is 0 Å². The lowest BCUT2D eigenvalue weighted by molar-refractivity contribution is -0.910. The molecular formula is C33H70N+. The third-order valence-electron chi connectivity index (χ3n) is 8.08. The van der Waals surface area contributed by atoms with Gasteiger partial charge in [-0.15, -0.1) is 0 Å². The molecule has 0 aromatic heterocycles. The van der Waals surface area contributed by atoms with Crippen molar-refractivity contribution in [1.29, 1.82) is 0 Å². The Kier molecular flexibility index (Phi) is 26.0. The fourth-order valence-corrected chi connectivity index (χ4v) is 5.53. The minimum Gasteiger partial charge on any atom is -0.326 e. The number of rotatable bonds is 28. The van der Waals surface area contributed by atoms with Gasteiger partial charge < -0.3 is 4.48 Å². The summed E-state index contributed by atoms with van der Waals surface area (Å²) in [5.41, 5.74) is 0. The van der Waals surface area contributed by atoms with Crippen LogP contribution >= 0.6 is 0 Å². The van der Waals surface area contributed by atoms with Crippen LogP contribution in [0, 0.1) is 5.92 Å². The first-order valence-electron chi connectivity index (χ1n) is 16.4. The van der Waals surface area contributed by atoms with Crippen molar-refractivity contribution in [2.24, 2.45) is 5.92 Å². The van der Waals surface area contributed by atoms with Crippen LogP contribution in [0.15, 0.2) is 0 Å². The smallest absolute Gasteiger partial charge is 0.0784 e. The van der Waals surface area contributed by atoms with Gasteiger partial charge in [0.05, 0.1) is 26.7 Å². The zero-order valence-electron chi connectivity index (χ0n) is 25.1. The average Bonchev–Trinajstić information content (AvgIpc) is 2.81. The number of hydrogen-bond acceptors (Lipinski definition) is 0. The molecule has 0 unspecified atom stereocenters. The van der Waals surface area contributed by atoms with Gasteiger partial charge in [-0.25, -0.2) is 0 Å². The van der Waals surface area contributed by atoms with Crippen molar-refractivity contribution in [3.63, 3.8) is 0 Å². The lowest BCUT2D eigenvalue weighted by Crippen LogP contribution is -2.46. The highest BCUT2D eigenvalue weighted by molar-refractivity contribution is 4.53. The fourth-order valence-electron chi connectivity index (χ4n) is 5.53. The van der Waals surface area contributed by atoms with Crippen molar-refractivity contribution in [3.8, 4) is 0 Å². The van der Waals surface area contributed by atoms with Crippen molar-refractivity contribution >= 4 is 0 Å². The van der Waals surface area contributed by atoms with Crippen LogP contribution < -0.4 is 0 Å². The van der Waals surface area contributed by atoms with Gasteiger partial charge in [-0.1, -0.05) is 143 Å². The number of quaternary nitrogens is 1. The molecular weight excluding hydrogens is 410 g/mol. The Morgan fingerprint density at radius 3 is 0.941 bits per heavy atom. The van der Waals surface area contributed by atoms with Gasteiger partial charge in [0.25, 0.3) is 0 Å². The van der Waals surface area contributed by atoms with Crippen LogP contribution in [-0.4, -0.2) is 31.2 Å². The zero-order chi connectivity index (χ0) is 25.2. The Labute approximate surface area is 218 Å². The maximum absolute atomic E-state index is 2.58. The van der Waals surface area contributed by atoms with Crippen LogP contribution in [0.3, 0.4) is 0 Å². The molecule has 0 atom stereocenters. The van der Waals surface area contributed by atoms with Crippen LogP contribution in [0.25, 0.3) is 0 Å². The molecule has 0 heterocycles. The molecule has 0 aliphatic carbocycles.